The van der Waals surface area contributed by atoms with Gasteiger partial charge in [0.05, 0.1) is 16.8 Å². The summed E-state index contributed by atoms with van der Waals surface area (Å²) in [7, 11) is 0. The fraction of sp³-hybridized carbons (Fsp3) is 0.150. The van der Waals surface area contributed by atoms with Crippen LogP contribution < -0.4 is 10.2 Å². The summed E-state index contributed by atoms with van der Waals surface area (Å²) < 4.78 is 5.75. The number of ketones is 1. The molecule has 0 fully saturated rings. The van der Waals surface area contributed by atoms with Gasteiger partial charge >= 0.3 is 0 Å². The van der Waals surface area contributed by atoms with Crippen LogP contribution in [0.1, 0.15) is 33.4 Å². The average molecular weight is 434 g/mol. The van der Waals surface area contributed by atoms with Crippen LogP contribution in [-0.2, 0) is 6.61 Å². The summed E-state index contributed by atoms with van der Waals surface area (Å²) in [6, 6.07) is 12.8. The highest BCUT2D eigenvalue weighted by Crippen LogP contribution is 2.26. The number of rotatable bonds is 7. The third kappa shape index (κ3) is 5.10. The maximum Gasteiger partial charge on any atom is 0.204 e. The van der Waals surface area contributed by atoms with E-state index < -0.39 is 0 Å². The van der Waals surface area contributed by atoms with E-state index in [-0.39, 0.29) is 12.4 Å². The third-order valence-electron chi connectivity index (χ3n) is 3.82. The molecular weight excluding hydrogens is 417 g/mol. The number of hydrazone groups is 1. The SMILES string of the molecule is CC(=O)c1sc(N/N=C/c2ccc(OCc3c(Cl)cccc3Cl)cc2)nc1C. The van der Waals surface area contributed by atoms with Gasteiger partial charge in [0.15, 0.2) is 5.78 Å². The predicted octanol–water partition coefficient (Wildman–Crippen LogP) is 5.99. The van der Waals surface area contributed by atoms with Crippen LogP contribution >= 0.6 is 34.5 Å². The molecule has 0 radical (unpaired) electrons. The highest BCUT2D eigenvalue weighted by Gasteiger charge is 2.10. The first-order valence-electron chi connectivity index (χ1n) is 8.37. The maximum atomic E-state index is 11.5. The number of Topliss-reactive ketones (excluding diaryl/α,β-unsaturated/α-hetero) is 1. The first-order chi connectivity index (χ1) is 13.4. The molecule has 0 aliphatic heterocycles. The fourth-order valence-electron chi connectivity index (χ4n) is 2.41. The van der Waals surface area contributed by atoms with Crippen molar-refractivity contribution in [1.29, 1.82) is 0 Å². The summed E-state index contributed by atoms with van der Waals surface area (Å²) in [5.74, 6) is 0.698. The number of aryl methyl sites for hydroxylation is 1. The average Bonchev–Trinajstić information content (AvgIpc) is 3.03. The lowest BCUT2D eigenvalue weighted by molar-refractivity contribution is 0.102. The van der Waals surface area contributed by atoms with Crippen LogP contribution in [0.2, 0.25) is 10.0 Å². The van der Waals surface area contributed by atoms with E-state index in [2.05, 4.69) is 15.5 Å². The topological polar surface area (TPSA) is 63.6 Å². The van der Waals surface area contributed by atoms with Gasteiger partial charge in [-0.05, 0) is 48.9 Å². The Balaban J connectivity index is 1.57. The lowest BCUT2D eigenvalue weighted by Gasteiger charge is -2.09. The molecule has 3 aromatic rings. The Morgan fingerprint density at radius 1 is 1.21 bits per heavy atom. The van der Waals surface area contributed by atoms with Crippen LogP contribution in [0.5, 0.6) is 5.75 Å². The number of hydrogen-bond acceptors (Lipinski definition) is 6. The number of hydrogen-bond donors (Lipinski definition) is 1. The van der Waals surface area contributed by atoms with Crippen molar-refractivity contribution in [2.24, 2.45) is 5.10 Å². The second-order valence-electron chi connectivity index (χ2n) is 5.92. The molecule has 0 unspecified atom stereocenters. The summed E-state index contributed by atoms with van der Waals surface area (Å²) in [6.07, 6.45) is 1.67. The number of carbonyl (C=O) groups excluding carboxylic acids is 1. The molecule has 0 bridgehead atoms. The van der Waals surface area contributed by atoms with E-state index in [1.165, 1.54) is 18.3 Å². The number of anilines is 1. The Kier molecular flexibility index (Phi) is 6.67. The molecule has 3 rings (SSSR count). The van der Waals surface area contributed by atoms with Crippen molar-refractivity contribution >= 4 is 51.7 Å². The molecule has 1 N–H and O–H groups in total. The number of ether oxygens (including phenoxy) is 1. The molecule has 0 atom stereocenters. The molecular formula is C20H17Cl2N3O2S. The smallest absolute Gasteiger partial charge is 0.204 e. The minimum Gasteiger partial charge on any atom is -0.489 e. The van der Waals surface area contributed by atoms with Crippen LogP contribution in [0, 0.1) is 6.92 Å². The number of aromatic nitrogens is 1. The maximum absolute atomic E-state index is 11.5. The lowest BCUT2D eigenvalue weighted by Crippen LogP contribution is -1.97. The summed E-state index contributed by atoms with van der Waals surface area (Å²) in [4.78, 5) is 16.4. The molecule has 2 aromatic carbocycles. The molecule has 28 heavy (non-hydrogen) atoms. The summed E-state index contributed by atoms with van der Waals surface area (Å²) in [5, 5.41) is 5.89. The van der Waals surface area contributed by atoms with Crippen molar-refractivity contribution in [1.82, 2.24) is 4.98 Å². The molecule has 0 amide bonds. The third-order valence-corrected chi connectivity index (χ3v) is 5.69. The number of halogens is 2. The minimum absolute atomic E-state index is 0.000645. The van der Waals surface area contributed by atoms with E-state index in [0.717, 1.165) is 11.1 Å². The molecule has 1 aromatic heterocycles. The lowest BCUT2D eigenvalue weighted by atomic mass is 10.2. The molecule has 0 saturated heterocycles. The first kappa shape index (κ1) is 20.3. The van der Waals surface area contributed by atoms with Crippen LogP contribution in [-0.4, -0.2) is 17.0 Å². The Morgan fingerprint density at radius 3 is 2.50 bits per heavy atom. The fourth-order valence-corrected chi connectivity index (χ4v) is 3.73. The first-order valence-corrected chi connectivity index (χ1v) is 9.94. The Morgan fingerprint density at radius 2 is 1.89 bits per heavy atom. The van der Waals surface area contributed by atoms with Crippen molar-refractivity contribution in [3.63, 3.8) is 0 Å². The number of carbonyl (C=O) groups is 1. The second-order valence-corrected chi connectivity index (χ2v) is 7.73. The van der Waals surface area contributed by atoms with E-state index in [4.69, 9.17) is 27.9 Å². The number of nitrogens with one attached hydrogen (secondary N) is 1. The van der Waals surface area contributed by atoms with Gasteiger partial charge in [0.25, 0.3) is 0 Å². The van der Waals surface area contributed by atoms with Crippen molar-refractivity contribution in [2.75, 3.05) is 5.43 Å². The number of thiazole rings is 1. The molecule has 0 spiro atoms. The molecule has 1 heterocycles. The van der Waals surface area contributed by atoms with Gasteiger partial charge in [-0.15, -0.1) is 0 Å². The van der Waals surface area contributed by atoms with Crippen molar-refractivity contribution in [3.8, 4) is 5.75 Å². The van der Waals surface area contributed by atoms with Gasteiger partial charge in [0.2, 0.25) is 5.13 Å². The van der Waals surface area contributed by atoms with Gasteiger partial charge in [-0.2, -0.15) is 5.10 Å². The molecule has 5 nitrogen and oxygen atoms in total. The molecule has 8 heteroatoms. The van der Waals surface area contributed by atoms with Gasteiger partial charge in [-0.25, -0.2) is 4.98 Å². The summed E-state index contributed by atoms with van der Waals surface area (Å²) in [5.41, 5.74) is 5.19. The van der Waals surface area contributed by atoms with Crippen molar-refractivity contribution < 1.29 is 9.53 Å². The van der Waals surface area contributed by atoms with E-state index >= 15 is 0 Å². The zero-order valence-corrected chi connectivity index (χ0v) is 17.5. The number of nitrogens with zero attached hydrogens (tertiary/aromatic N) is 2. The highest BCUT2D eigenvalue weighted by atomic mass is 35.5. The Hall–Kier alpha value is -2.41. The van der Waals surface area contributed by atoms with Crippen LogP contribution in [0.15, 0.2) is 47.6 Å². The normalized spacial score (nSPS) is 11.0. The number of benzene rings is 2. The molecule has 0 saturated carbocycles. The van der Waals surface area contributed by atoms with Crippen LogP contribution in [0.3, 0.4) is 0 Å². The molecule has 0 aliphatic carbocycles. The van der Waals surface area contributed by atoms with Gasteiger partial charge < -0.3 is 4.74 Å². The highest BCUT2D eigenvalue weighted by molar-refractivity contribution is 7.17. The zero-order valence-electron chi connectivity index (χ0n) is 15.2. The van der Waals surface area contributed by atoms with Gasteiger partial charge in [-0.1, -0.05) is 40.6 Å². The van der Waals surface area contributed by atoms with E-state index in [0.29, 0.717) is 31.5 Å². The molecule has 0 aliphatic rings. The van der Waals surface area contributed by atoms with Gasteiger partial charge in [0.1, 0.15) is 12.4 Å². The predicted molar refractivity (Wildman–Crippen MR) is 115 cm³/mol. The van der Waals surface area contributed by atoms with Crippen molar-refractivity contribution in [2.45, 2.75) is 20.5 Å². The van der Waals surface area contributed by atoms with Crippen LogP contribution in [0.4, 0.5) is 5.13 Å². The summed E-state index contributed by atoms with van der Waals surface area (Å²) >= 11 is 13.6. The summed E-state index contributed by atoms with van der Waals surface area (Å²) in [6.45, 7) is 3.61. The van der Waals surface area contributed by atoms with E-state index in [1.54, 1.807) is 31.3 Å². The van der Waals surface area contributed by atoms with Gasteiger partial charge in [-0.3, -0.25) is 10.2 Å². The van der Waals surface area contributed by atoms with E-state index in [1.807, 2.05) is 24.3 Å². The van der Waals surface area contributed by atoms with Crippen molar-refractivity contribution in [3.05, 3.63) is 74.2 Å². The zero-order chi connectivity index (χ0) is 20.1. The quantitative estimate of drug-likeness (QED) is 0.282. The van der Waals surface area contributed by atoms with Gasteiger partial charge in [0, 0.05) is 22.5 Å². The Labute approximate surface area is 177 Å². The largest absolute Gasteiger partial charge is 0.489 e. The second kappa shape index (κ2) is 9.19. The monoisotopic (exact) mass is 433 g/mol. The van der Waals surface area contributed by atoms with Crippen LogP contribution in [0.25, 0.3) is 0 Å². The minimum atomic E-state index is 0.000645. The standard InChI is InChI=1S/C20H17Cl2N3O2S/c1-12-19(13(2)26)28-20(24-12)25-23-10-14-6-8-15(9-7-14)27-11-16-17(21)4-3-5-18(16)22/h3-10H,11H2,1-2H3,(H,24,25)/b23-10+. The molecule has 144 valence electrons. The van der Waals surface area contributed by atoms with E-state index in [9.17, 15) is 4.79 Å². The Bertz CT molecular complexity index is 997.